The average molecular weight is 263 g/mol. The number of alkyl halides is 1. The zero-order valence-electron chi connectivity index (χ0n) is 9.66. The van der Waals surface area contributed by atoms with Gasteiger partial charge < -0.3 is 0 Å². The number of thiophene rings is 1. The van der Waals surface area contributed by atoms with Crippen molar-refractivity contribution in [1.29, 1.82) is 0 Å². The molecule has 0 bridgehead atoms. The van der Waals surface area contributed by atoms with Crippen molar-refractivity contribution >= 4 is 33.0 Å². The molecule has 1 aliphatic rings. The van der Waals surface area contributed by atoms with Crippen LogP contribution in [0.1, 0.15) is 24.8 Å². The third-order valence-electron chi connectivity index (χ3n) is 3.37. The molecule has 1 heterocycles. The molecule has 0 nitrogen and oxygen atoms in total. The normalized spacial score (nSPS) is 20.5. The van der Waals surface area contributed by atoms with E-state index < -0.39 is 0 Å². The van der Waals surface area contributed by atoms with E-state index in [4.69, 9.17) is 11.6 Å². The Bertz CT molecular complexity index is 553. The first-order valence-corrected chi connectivity index (χ1v) is 7.43. The fourth-order valence-corrected chi connectivity index (χ4v) is 3.80. The van der Waals surface area contributed by atoms with Crippen LogP contribution < -0.4 is 0 Å². The van der Waals surface area contributed by atoms with Crippen LogP contribution in [0.25, 0.3) is 10.1 Å². The molecule has 0 saturated carbocycles. The highest BCUT2D eigenvalue weighted by atomic mass is 35.5. The summed E-state index contributed by atoms with van der Waals surface area (Å²) in [5, 5.41) is 3.96. The summed E-state index contributed by atoms with van der Waals surface area (Å²) >= 11 is 8.04. The summed E-state index contributed by atoms with van der Waals surface area (Å²) in [6.07, 6.45) is 6.93. The van der Waals surface area contributed by atoms with Crippen LogP contribution >= 0.6 is 22.9 Å². The summed E-state index contributed by atoms with van der Waals surface area (Å²) in [6, 6.07) is 8.65. The molecule has 0 fully saturated rings. The van der Waals surface area contributed by atoms with E-state index in [0.29, 0.717) is 0 Å². The molecular weight excluding hydrogens is 248 g/mol. The van der Waals surface area contributed by atoms with E-state index in [1.807, 2.05) is 11.3 Å². The Hall–Kier alpha value is -0.790. The van der Waals surface area contributed by atoms with Gasteiger partial charge in [-0.3, -0.25) is 0 Å². The SMILES string of the molecule is ClC1C=C(Cc2csc3ccccc23)CCC1. The van der Waals surface area contributed by atoms with Crippen LogP contribution in [-0.2, 0) is 6.42 Å². The van der Waals surface area contributed by atoms with E-state index in [-0.39, 0.29) is 5.38 Å². The van der Waals surface area contributed by atoms with E-state index in [2.05, 4.69) is 35.7 Å². The Morgan fingerprint density at radius 3 is 3.06 bits per heavy atom. The van der Waals surface area contributed by atoms with Crippen molar-refractivity contribution in [3.63, 3.8) is 0 Å². The molecule has 0 aliphatic heterocycles. The van der Waals surface area contributed by atoms with Gasteiger partial charge in [-0.1, -0.05) is 29.8 Å². The van der Waals surface area contributed by atoms with Gasteiger partial charge in [-0.2, -0.15) is 0 Å². The highest BCUT2D eigenvalue weighted by Crippen LogP contribution is 2.30. The van der Waals surface area contributed by atoms with Gasteiger partial charge in [0.1, 0.15) is 0 Å². The number of hydrogen-bond donors (Lipinski definition) is 0. The summed E-state index contributed by atoms with van der Waals surface area (Å²) in [4.78, 5) is 0. The van der Waals surface area contributed by atoms with Crippen LogP contribution in [0.2, 0.25) is 0 Å². The molecule has 17 heavy (non-hydrogen) atoms. The van der Waals surface area contributed by atoms with E-state index in [1.165, 1.54) is 34.1 Å². The molecule has 0 spiro atoms. The Morgan fingerprint density at radius 2 is 2.18 bits per heavy atom. The molecule has 2 aromatic rings. The number of halogens is 1. The monoisotopic (exact) mass is 262 g/mol. The number of hydrogen-bond acceptors (Lipinski definition) is 1. The molecule has 0 radical (unpaired) electrons. The van der Waals surface area contributed by atoms with Crippen LogP contribution in [0.4, 0.5) is 0 Å². The lowest BCUT2D eigenvalue weighted by Crippen LogP contribution is -2.04. The van der Waals surface area contributed by atoms with Crippen LogP contribution in [0.15, 0.2) is 41.3 Å². The maximum Gasteiger partial charge on any atom is 0.0518 e. The Balaban J connectivity index is 1.90. The van der Waals surface area contributed by atoms with Crippen molar-refractivity contribution in [1.82, 2.24) is 0 Å². The molecule has 0 amide bonds. The third kappa shape index (κ3) is 2.41. The molecule has 1 atom stereocenters. The molecule has 1 aromatic heterocycles. The summed E-state index contributed by atoms with van der Waals surface area (Å²) in [5.74, 6) is 0. The summed E-state index contributed by atoms with van der Waals surface area (Å²) in [5.41, 5.74) is 2.97. The van der Waals surface area contributed by atoms with Crippen molar-refractivity contribution in [3.05, 3.63) is 46.9 Å². The minimum atomic E-state index is 0.253. The van der Waals surface area contributed by atoms with Crippen molar-refractivity contribution in [2.45, 2.75) is 31.1 Å². The molecule has 88 valence electrons. The molecule has 1 unspecified atom stereocenters. The quantitative estimate of drug-likeness (QED) is 0.518. The van der Waals surface area contributed by atoms with E-state index in [1.54, 1.807) is 0 Å². The lowest BCUT2D eigenvalue weighted by atomic mass is 9.94. The standard InChI is InChI=1S/C15H15ClS/c16-13-5-3-4-11(9-13)8-12-10-17-15-7-2-1-6-14(12)15/h1-2,6-7,9-10,13H,3-5,8H2. The minimum Gasteiger partial charge on any atom is -0.144 e. The van der Waals surface area contributed by atoms with Gasteiger partial charge in [-0.25, -0.2) is 0 Å². The zero-order chi connectivity index (χ0) is 11.7. The lowest BCUT2D eigenvalue weighted by Gasteiger charge is -2.16. The predicted molar refractivity (Wildman–Crippen MR) is 77.1 cm³/mol. The van der Waals surface area contributed by atoms with Crippen LogP contribution in [0.3, 0.4) is 0 Å². The average Bonchev–Trinajstić information content (AvgIpc) is 2.73. The van der Waals surface area contributed by atoms with Gasteiger partial charge in [-0.15, -0.1) is 22.9 Å². The van der Waals surface area contributed by atoms with Gasteiger partial charge in [0.15, 0.2) is 0 Å². The van der Waals surface area contributed by atoms with Crippen LogP contribution in [0, 0.1) is 0 Å². The fraction of sp³-hybridized carbons (Fsp3) is 0.333. The highest BCUT2D eigenvalue weighted by molar-refractivity contribution is 7.17. The van der Waals surface area contributed by atoms with E-state index in [9.17, 15) is 0 Å². The molecule has 1 aliphatic carbocycles. The molecule has 1 aromatic carbocycles. The fourth-order valence-electron chi connectivity index (χ4n) is 2.51. The highest BCUT2D eigenvalue weighted by Gasteiger charge is 2.12. The molecular formula is C15H15ClS. The number of rotatable bonds is 2. The lowest BCUT2D eigenvalue weighted by molar-refractivity contribution is 0.694. The first kappa shape index (κ1) is 11.3. The molecule has 2 heteroatoms. The largest absolute Gasteiger partial charge is 0.144 e. The number of allylic oxidation sites excluding steroid dienone is 2. The maximum atomic E-state index is 6.20. The Labute approximate surface area is 111 Å². The summed E-state index contributed by atoms with van der Waals surface area (Å²) in [6.45, 7) is 0. The summed E-state index contributed by atoms with van der Waals surface area (Å²) < 4.78 is 1.39. The Kier molecular flexibility index (Phi) is 3.21. The van der Waals surface area contributed by atoms with Crippen molar-refractivity contribution in [3.8, 4) is 0 Å². The van der Waals surface area contributed by atoms with Crippen LogP contribution in [0.5, 0.6) is 0 Å². The van der Waals surface area contributed by atoms with Gasteiger partial charge in [0, 0.05) is 4.70 Å². The van der Waals surface area contributed by atoms with Gasteiger partial charge in [-0.05, 0) is 48.1 Å². The smallest absolute Gasteiger partial charge is 0.0518 e. The first-order valence-electron chi connectivity index (χ1n) is 6.11. The van der Waals surface area contributed by atoms with Crippen molar-refractivity contribution < 1.29 is 0 Å². The predicted octanol–water partition coefficient (Wildman–Crippen LogP) is 5.16. The third-order valence-corrected chi connectivity index (χ3v) is 4.73. The maximum absolute atomic E-state index is 6.20. The van der Waals surface area contributed by atoms with E-state index in [0.717, 1.165) is 12.8 Å². The number of benzene rings is 1. The minimum absolute atomic E-state index is 0.253. The second-order valence-corrected chi connectivity index (χ2v) is 6.14. The Morgan fingerprint density at radius 1 is 1.29 bits per heavy atom. The van der Waals surface area contributed by atoms with Gasteiger partial charge >= 0.3 is 0 Å². The van der Waals surface area contributed by atoms with Gasteiger partial charge in [0.05, 0.1) is 5.38 Å². The van der Waals surface area contributed by atoms with Gasteiger partial charge in [0.2, 0.25) is 0 Å². The molecule has 0 saturated heterocycles. The number of fused-ring (bicyclic) bond motifs is 1. The summed E-state index contributed by atoms with van der Waals surface area (Å²) in [7, 11) is 0. The van der Waals surface area contributed by atoms with E-state index >= 15 is 0 Å². The first-order chi connectivity index (χ1) is 8.33. The molecule has 0 N–H and O–H groups in total. The van der Waals surface area contributed by atoms with Gasteiger partial charge in [0.25, 0.3) is 0 Å². The topological polar surface area (TPSA) is 0 Å². The zero-order valence-corrected chi connectivity index (χ0v) is 11.2. The second kappa shape index (κ2) is 4.83. The van der Waals surface area contributed by atoms with Crippen molar-refractivity contribution in [2.75, 3.05) is 0 Å². The van der Waals surface area contributed by atoms with Crippen molar-refractivity contribution in [2.24, 2.45) is 0 Å². The molecule has 3 rings (SSSR count). The second-order valence-electron chi connectivity index (χ2n) is 4.67. The van der Waals surface area contributed by atoms with Crippen LogP contribution in [-0.4, -0.2) is 5.38 Å².